The summed E-state index contributed by atoms with van der Waals surface area (Å²) < 4.78 is 10.2. The molecule has 0 aliphatic carbocycles. The summed E-state index contributed by atoms with van der Waals surface area (Å²) >= 11 is 9.53. The van der Waals surface area contributed by atoms with E-state index in [4.69, 9.17) is 38.4 Å². The zero-order chi connectivity index (χ0) is 11.7. The van der Waals surface area contributed by atoms with Gasteiger partial charge < -0.3 is 15.2 Å². The van der Waals surface area contributed by atoms with Gasteiger partial charge in [0.2, 0.25) is 0 Å². The minimum absolute atomic E-state index is 0.194. The van der Waals surface area contributed by atoms with Crippen LogP contribution in [0.15, 0.2) is 18.2 Å². The van der Waals surface area contributed by atoms with Crippen LogP contribution < -0.4 is 15.2 Å². The van der Waals surface area contributed by atoms with Gasteiger partial charge in [-0.05, 0) is 6.07 Å². The molecule has 0 unspecified atom stereocenters. The number of hydrogen-bond donors (Lipinski definition) is 1. The molecule has 0 radical (unpaired) electrons. The molecular formula is C10H15Cl2NO2. The number of halogens is 2. The number of methoxy groups -OCH3 is 2. The van der Waals surface area contributed by atoms with Crippen molar-refractivity contribution in [3.8, 4) is 11.5 Å². The summed E-state index contributed by atoms with van der Waals surface area (Å²) in [4.78, 5) is 0. The largest absolute Gasteiger partial charge is 0.497 e. The van der Waals surface area contributed by atoms with Crippen molar-refractivity contribution in [2.24, 2.45) is 5.73 Å². The normalized spacial score (nSPS) is 8.87. The number of benzene rings is 1. The van der Waals surface area contributed by atoms with Crippen LogP contribution in [0.1, 0.15) is 5.56 Å². The average molecular weight is 252 g/mol. The smallest absolute Gasteiger partial charge is 0.127 e. The molecule has 0 amide bonds. The fourth-order valence-corrected chi connectivity index (χ4v) is 1.02. The molecule has 1 rings (SSSR count). The lowest BCUT2D eigenvalue weighted by molar-refractivity contribution is 0.391. The van der Waals surface area contributed by atoms with E-state index in [1.54, 1.807) is 14.2 Å². The van der Waals surface area contributed by atoms with E-state index in [1.165, 1.54) is 0 Å². The Bertz CT molecular complexity index is 282. The molecule has 0 bridgehead atoms. The number of alkyl halides is 2. The Morgan fingerprint density at radius 2 is 1.80 bits per heavy atom. The van der Waals surface area contributed by atoms with E-state index < -0.39 is 0 Å². The highest BCUT2D eigenvalue weighted by molar-refractivity contribution is 6.40. The number of hydrogen-bond acceptors (Lipinski definition) is 3. The fraction of sp³-hybridized carbons (Fsp3) is 0.400. The molecule has 0 saturated heterocycles. The second-order valence-corrected chi connectivity index (χ2v) is 3.29. The van der Waals surface area contributed by atoms with Gasteiger partial charge in [-0.2, -0.15) is 0 Å². The van der Waals surface area contributed by atoms with Crippen LogP contribution in [0.4, 0.5) is 0 Å². The van der Waals surface area contributed by atoms with Gasteiger partial charge in [0.25, 0.3) is 0 Å². The maximum Gasteiger partial charge on any atom is 0.127 e. The molecule has 0 saturated carbocycles. The van der Waals surface area contributed by atoms with Crippen molar-refractivity contribution in [3.05, 3.63) is 23.8 Å². The van der Waals surface area contributed by atoms with Gasteiger partial charge in [-0.15, -0.1) is 23.2 Å². The van der Waals surface area contributed by atoms with Crippen LogP contribution in [-0.4, -0.2) is 19.6 Å². The molecule has 0 fully saturated rings. The van der Waals surface area contributed by atoms with Crippen LogP contribution in [-0.2, 0) is 6.54 Å². The summed E-state index contributed by atoms with van der Waals surface area (Å²) in [6.07, 6.45) is 0. The zero-order valence-corrected chi connectivity index (χ0v) is 10.3. The second-order valence-electron chi connectivity index (χ2n) is 2.48. The van der Waals surface area contributed by atoms with Gasteiger partial charge >= 0.3 is 0 Å². The van der Waals surface area contributed by atoms with E-state index in [9.17, 15) is 0 Å². The molecule has 0 heterocycles. The lowest BCUT2D eigenvalue weighted by atomic mass is 10.2. The molecule has 0 aliphatic rings. The van der Waals surface area contributed by atoms with Crippen molar-refractivity contribution in [1.82, 2.24) is 0 Å². The number of rotatable bonds is 3. The Labute approximate surface area is 100 Å². The van der Waals surface area contributed by atoms with E-state index in [0.29, 0.717) is 6.54 Å². The third-order valence-electron chi connectivity index (χ3n) is 1.71. The van der Waals surface area contributed by atoms with E-state index in [0.717, 1.165) is 17.1 Å². The van der Waals surface area contributed by atoms with Crippen LogP contribution in [0.3, 0.4) is 0 Å². The quantitative estimate of drug-likeness (QED) is 0.841. The molecule has 3 nitrogen and oxygen atoms in total. The van der Waals surface area contributed by atoms with Gasteiger partial charge in [0.15, 0.2) is 0 Å². The summed E-state index contributed by atoms with van der Waals surface area (Å²) in [5, 5.41) is 0.194. The highest BCUT2D eigenvalue weighted by Gasteiger charge is 2.01. The van der Waals surface area contributed by atoms with Gasteiger partial charge in [0.1, 0.15) is 11.5 Å². The van der Waals surface area contributed by atoms with E-state index in [2.05, 4.69) is 0 Å². The van der Waals surface area contributed by atoms with Gasteiger partial charge in [0, 0.05) is 18.2 Å². The topological polar surface area (TPSA) is 44.5 Å². The minimum atomic E-state index is 0.194. The Morgan fingerprint density at radius 1 is 1.20 bits per heavy atom. The predicted octanol–water partition coefficient (Wildman–Crippen LogP) is 2.58. The van der Waals surface area contributed by atoms with Gasteiger partial charge in [-0.3, -0.25) is 0 Å². The highest BCUT2D eigenvalue weighted by Crippen LogP contribution is 2.23. The summed E-state index contributed by atoms with van der Waals surface area (Å²) in [5.41, 5.74) is 6.48. The van der Waals surface area contributed by atoms with Crippen LogP contribution >= 0.6 is 23.2 Å². The maximum atomic E-state index is 5.50. The molecule has 2 N–H and O–H groups in total. The first-order chi connectivity index (χ1) is 7.23. The van der Waals surface area contributed by atoms with Crippen molar-refractivity contribution < 1.29 is 9.47 Å². The molecule has 0 spiro atoms. The molecule has 15 heavy (non-hydrogen) atoms. The Balaban J connectivity index is 0.000000583. The van der Waals surface area contributed by atoms with Crippen molar-refractivity contribution in [3.63, 3.8) is 0 Å². The van der Waals surface area contributed by atoms with Crippen LogP contribution in [0.5, 0.6) is 11.5 Å². The van der Waals surface area contributed by atoms with E-state index >= 15 is 0 Å². The summed E-state index contributed by atoms with van der Waals surface area (Å²) in [6.45, 7) is 0.479. The highest BCUT2D eigenvalue weighted by atomic mass is 35.5. The van der Waals surface area contributed by atoms with Crippen LogP contribution in [0, 0.1) is 0 Å². The van der Waals surface area contributed by atoms with Gasteiger partial charge in [-0.1, -0.05) is 6.07 Å². The maximum absolute atomic E-state index is 5.50. The van der Waals surface area contributed by atoms with Crippen LogP contribution in [0.2, 0.25) is 0 Å². The zero-order valence-electron chi connectivity index (χ0n) is 8.80. The predicted molar refractivity (Wildman–Crippen MR) is 64.0 cm³/mol. The van der Waals surface area contributed by atoms with Gasteiger partial charge in [-0.25, -0.2) is 0 Å². The van der Waals surface area contributed by atoms with Crippen LogP contribution in [0.25, 0.3) is 0 Å². The first-order valence-electron chi connectivity index (χ1n) is 4.26. The monoisotopic (exact) mass is 251 g/mol. The Kier molecular flexibility index (Phi) is 8.28. The number of nitrogens with two attached hydrogens (primary N) is 1. The first-order valence-corrected chi connectivity index (χ1v) is 5.33. The molecule has 0 aromatic heterocycles. The van der Waals surface area contributed by atoms with Gasteiger partial charge in [0.05, 0.1) is 19.6 Å². The molecular weight excluding hydrogens is 237 g/mol. The summed E-state index contributed by atoms with van der Waals surface area (Å²) in [6, 6.07) is 5.59. The van der Waals surface area contributed by atoms with Crippen molar-refractivity contribution in [2.75, 3.05) is 19.6 Å². The van der Waals surface area contributed by atoms with Crippen molar-refractivity contribution >= 4 is 23.2 Å². The Morgan fingerprint density at radius 3 is 2.20 bits per heavy atom. The minimum Gasteiger partial charge on any atom is -0.497 e. The Hall–Kier alpha value is -0.640. The third kappa shape index (κ3) is 5.11. The second kappa shape index (κ2) is 8.65. The molecule has 1 aromatic carbocycles. The SMILES string of the molecule is COc1ccc(CN)c(OC)c1.ClCCl. The molecule has 86 valence electrons. The standard InChI is InChI=1S/C9H13NO2.CH2Cl2/c1-11-8-4-3-7(6-10)9(5-8)12-2;2-1-3/h3-5H,6,10H2,1-2H3;1H2. The lowest BCUT2D eigenvalue weighted by Crippen LogP contribution is -1.99. The summed E-state index contributed by atoms with van der Waals surface area (Å²) in [5.74, 6) is 1.56. The third-order valence-corrected chi connectivity index (χ3v) is 1.71. The first kappa shape index (κ1) is 14.4. The van der Waals surface area contributed by atoms with E-state index in [1.807, 2.05) is 18.2 Å². The fourth-order valence-electron chi connectivity index (χ4n) is 1.02. The van der Waals surface area contributed by atoms with Crippen molar-refractivity contribution in [2.45, 2.75) is 6.54 Å². The average Bonchev–Trinajstić information content (AvgIpc) is 2.29. The molecule has 0 aliphatic heterocycles. The number of ether oxygens (including phenoxy) is 2. The lowest BCUT2D eigenvalue weighted by Gasteiger charge is -2.07. The molecule has 0 atom stereocenters. The van der Waals surface area contributed by atoms with Crippen molar-refractivity contribution in [1.29, 1.82) is 0 Å². The molecule has 5 heteroatoms. The van der Waals surface area contributed by atoms with E-state index in [-0.39, 0.29) is 5.34 Å². The summed E-state index contributed by atoms with van der Waals surface area (Å²) in [7, 11) is 3.24. The molecule has 1 aromatic rings.